The van der Waals surface area contributed by atoms with E-state index in [0.717, 1.165) is 13.0 Å². The lowest BCUT2D eigenvalue weighted by molar-refractivity contribution is -0.396. The number of ether oxygens (including phenoxy) is 14. The van der Waals surface area contributed by atoms with Gasteiger partial charge in [-0.15, -0.1) is 0 Å². The number of hydrogen-bond acceptors (Lipinski definition) is 42. The van der Waals surface area contributed by atoms with E-state index in [-0.39, 0.29) is 36.3 Å². The maximum absolute atomic E-state index is 13.9. The van der Waals surface area contributed by atoms with Crippen molar-refractivity contribution in [1.29, 1.82) is 0 Å². The number of rotatable bonds is 30. The number of anilines is 3. The molecular formula is C76H121N11O39. The van der Waals surface area contributed by atoms with Crippen LogP contribution in [-0.4, -0.2) is 465 Å². The number of nitrogens with zero attached hydrogens (tertiary/aromatic N) is 4. The molecule has 0 saturated carbocycles. The lowest BCUT2D eigenvalue weighted by atomic mass is 9.95. The van der Waals surface area contributed by atoms with E-state index in [4.69, 9.17) is 66.3 Å². The van der Waals surface area contributed by atoms with E-state index in [2.05, 4.69) is 37.2 Å². The Morgan fingerprint density at radius 3 is 1.00 bits per heavy atom. The zero-order chi connectivity index (χ0) is 91.4. The summed E-state index contributed by atoms with van der Waals surface area (Å²) in [5.41, 5.74) is 1.89. The van der Waals surface area contributed by atoms with Crippen molar-refractivity contribution in [2.45, 2.75) is 261 Å². The first kappa shape index (κ1) is 100. The van der Waals surface area contributed by atoms with E-state index in [9.17, 15) is 126 Å². The molecule has 50 nitrogen and oxygen atoms in total. The predicted octanol–water partition coefficient (Wildman–Crippen LogP) is -13.0. The molecule has 14 bridgehead atoms. The Labute approximate surface area is 720 Å². The van der Waals surface area contributed by atoms with Gasteiger partial charge in [0.2, 0.25) is 11.8 Å². The highest BCUT2D eigenvalue weighted by Gasteiger charge is 2.60. The molecule has 21 aliphatic heterocycles. The van der Waals surface area contributed by atoms with Gasteiger partial charge in [0, 0.05) is 59.2 Å². The molecule has 126 heavy (non-hydrogen) atoms. The predicted molar refractivity (Wildman–Crippen MR) is 420 cm³/mol. The van der Waals surface area contributed by atoms with Crippen LogP contribution in [0.2, 0.25) is 0 Å². The van der Waals surface area contributed by atoms with Crippen molar-refractivity contribution >= 4 is 46.6 Å². The highest BCUT2D eigenvalue weighted by molar-refractivity contribution is 6.07. The molecule has 0 unspecified atom stereocenters. The molecule has 0 aromatic carbocycles. The van der Waals surface area contributed by atoms with Crippen molar-refractivity contribution in [3.63, 3.8) is 0 Å². The van der Waals surface area contributed by atoms with Crippen molar-refractivity contribution in [3.8, 4) is 0 Å². The van der Waals surface area contributed by atoms with Crippen LogP contribution in [0, 0.1) is 0 Å². The smallest absolute Gasteiger partial charge is 0.272 e. The van der Waals surface area contributed by atoms with Gasteiger partial charge in [-0.05, 0) is 84.2 Å². The standard InChI is InChI=1S/C76H121N11O39/c1-31(94)81-34-19-37(69(112)83-33-18-36(86(5)23-33)68(111)82-32-17-35(85(4)22-32)67(110)79-14-10-15-84(2)3)87(24-34)16-8-6-7-11-77-12-9-13-78-21-45(95)80-20-38-60-46(96)53(103)70(113-38)121-61-39(25-88)115-72(55(105)48(61)98)123-63-41(27-90)117-74(57(107)50(63)100)125-65-43(29-92)119-76(59(109)52(65)102)126-66-44(30-93)118-75(58(108)51(66)101)124-64-42(28-91)116-73(56(106)49(64)99)122-62-40(26-89)114-71(120-60)54(104)47(62)97/h17-19,22-24,38-44,46-66,70-78,88-93,96-109H,6-16,20-21,25-30H2,1-5H3,(H,79,110)(H,80,95)(H,81,94)(H,82,111)(H,83,112)/t38-,39-,40-,41-,42-,43-,44-,46-,47-,48-,49-,50-,51-,52-,53-,54-,55-,56-,57-,58-,59-,60-,61-,62-,63-,64-,65-,66-,70-,71-,72-,73-,74-,75-,76-/m1/s1. The Bertz CT molecular complexity index is 3950. The van der Waals surface area contributed by atoms with Gasteiger partial charge >= 0.3 is 0 Å². The number of hydrogen-bond donors (Lipinski definition) is 27. The van der Waals surface area contributed by atoms with Gasteiger partial charge in [0.25, 0.3) is 17.7 Å². The Kier molecular flexibility index (Phi) is 36.4. The zero-order valence-electron chi connectivity index (χ0n) is 69.6. The summed E-state index contributed by atoms with van der Waals surface area (Å²) in [6.07, 6.45) is -64.3. The first-order valence-electron chi connectivity index (χ1n) is 41.5. The quantitative estimate of drug-likeness (QED) is 0.0276. The molecule has 0 spiro atoms. The first-order chi connectivity index (χ1) is 60.1. The molecule has 24 heterocycles. The summed E-state index contributed by atoms with van der Waals surface area (Å²) in [6.45, 7) is -3.19. The highest BCUT2D eigenvalue weighted by Crippen LogP contribution is 2.40. The number of aliphatic hydroxyl groups excluding tert-OH is 20. The molecule has 714 valence electrons. The average molecular weight is 1810 g/mol. The van der Waals surface area contributed by atoms with Gasteiger partial charge in [0.1, 0.15) is 188 Å². The summed E-state index contributed by atoms with van der Waals surface area (Å²) in [4.78, 5) is 68.0. The van der Waals surface area contributed by atoms with Crippen LogP contribution in [-0.2, 0) is 96.5 Å². The number of carbonyl (C=O) groups excluding carboxylic acids is 5. The highest BCUT2D eigenvalue weighted by atomic mass is 16.8. The molecule has 50 heteroatoms. The van der Waals surface area contributed by atoms with E-state index in [1.54, 1.807) is 52.5 Å². The average Bonchev–Trinajstić information content (AvgIpc) is 0.828. The number of carbonyl (C=O) groups is 5. The fourth-order valence-electron chi connectivity index (χ4n) is 16.0. The monoisotopic (exact) mass is 1810 g/mol. The Balaban J connectivity index is 0.712. The fourth-order valence-corrected chi connectivity index (χ4v) is 16.0. The third-order valence-electron chi connectivity index (χ3n) is 22.9. The van der Waals surface area contributed by atoms with E-state index in [1.807, 2.05) is 19.0 Å². The van der Waals surface area contributed by atoms with Gasteiger partial charge in [-0.1, -0.05) is 6.42 Å². The van der Waals surface area contributed by atoms with Crippen LogP contribution in [0.15, 0.2) is 36.8 Å². The summed E-state index contributed by atoms with van der Waals surface area (Å²) in [5, 5.41) is 246. The van der Waals surface area contributed by atoms with Gasteiger partial charge in [0.05, 0.1) is 63.2 Å². The van der Waals surface area contributed by atoms with Crippen molar-refractivity contribution in [2.75, 3.05) is 116 Å². The molecular weight excluding hydrogens is 1690 g/mol. The van der Waals surface area contributed by atoms with Crippen LogP contribution < -0.4 is 37.2 Å². The third kappa shape index (κ3) is 23.8. The molecule has 3 aromatic heterocycles. The van der Waals surface area contributed by atoms with Crippen LogP contribution >= 0.6 is 0 Å². The minimum Gasteiger partial charge on any atom is -0.394 e. The number of unbranched alkanes of at least 4 members (excludes halogenated alkanes) is 2. The van der Waals surface area contributed by atoms with Crippen LogP contribution in [0.4, 0.5) is 17.1 Å². The fraction of sp³-hybridized carbons (Fsp3) is 0.776. The Morgan fingerprint density at radius 1 is 0.341 bits per heavy atom. The SMILES string of the molecule is CC(=O)Nc1cc(C(=O)Nc2cc(C(=O)Nc3cc(C(=O)NCCCN(C)C)n(C)c3)n(C)c2)n(CCCCCNCCCNCC(=O)NC[C@H]2O[C@@H]3O[C@H]4[C@H](O)[C@@H](O)[C@@H](O[C@H]5[C@H](O)[C@@H](O)[C@@H](O[C@H]6[C@H](O)[C@@H](O)[C@@H](O[C@H]7[C@H](O)[C@@H](O)[C@@H](O[C@H]8[C@H](O)[C@@H](O)[C@@H](O[C@H]9[C@H](O)[C@@H](O)[C@@H](O[C@H]2[C@H](O)[C@H]3O)O[C@@H]9CO)O[C@@H]8CO)O[C@@H]7CO)O[C@@H]6CO)O[C@@H]5CO)O[C@@H]4CO)c1. The minimum atomic E-state index is -2.30. The molecule has 0 aliphatic carbocycles. The van der Waals surface area contributed by atoms with Gasteiger partial charge in [0.15, 0.2) is 44.0 Å². The molecule has 5 amide bonds. The second-order valence-corrected chi connectivity index (χ2v) is 32.4. The number of aryl methyl sites for hydroxylation is 3. The maximum Gasteiger partial charge on any atom is 0.272 e. The molecule has 27 N–H and O–H groups in total. The Hall–Kier alpha value is -6.29. The lowest BCUT2D eigenvalue weighted by Gasteiger charge is -2.50. The van der Waals surface area contributed by atoms with Crippen LogP contribution in [0.1, 0.15) is 70.5 Å². The molecule has 21 fully saturated rings. The summed E-state index contributed by atoms with van der Waals surface area (Å²) in [7, 11) is 7.21. The van der Waals surface area contributed by atoms with Crippen LogP contribution in [0.3, 0.4) is 0 Å². The van der Waals surface area contributed by atoms with Gasteiger partial charge in [-0.25, -0.2) is 0 Å². The van der Waals surface area contributed by atoms with E-state index < -0.39 is 279 Å². The molecule has 0 radical (unpaired) electrons. The molecule has 21 aliphatic rings. The van der Waals surface area contributed by atoms with E-state index >= 15 is 0 Å². The summed E-state index contributed by atoms with van der Waals surface area (Å²) in [5.74, 6) is -2.35. The van der Waals surface area contributed by atoms with Crippen molar-refractivity contribution in [1.82, 2.24) is 39.9 Å². The maximum atomic E-state index is 13.9. The topological polar surface area (TPSA) is 721 Å². The van der Waals surface area contributed by atoms with Crippen molar-refractivity contribution < 1.29 is 192 Å². The largest absolute Gasteiger partial charge is 0.394 e. The van der Waals surface area contributed by atoms with Gasteiger partial charge in [-0.2, -0.15) is 0 Å². The van der Waals surface area contributed by atoms with Gasteiger partial charge in [-0.3, -0.25) is 24.0 Å². The van der Waals surface area contributed by atoms with Crippen LogP contribution in [0.5, 0.6) is 0 Å². The summed E-state index contributed by atoms with van der Waals surface area (Å²) in [6, 6.07) is 4.61. The second-order valence-electron chi connectivity index (χ2n) is 32.4. The molecule has 35 atom stereocenters. The molecule has 21 saturated heterocycles. The second kappa shape index (κ2) is 45.7. The normalized spacial score (nSPS) is 38.3. The number of nitrogens with one attached hydrogen (secondary N) is 7. The summed E-state index contributed by atoms with van der Waals surface area (Å²) >= 11 is 0. The van der Waals surface area contributed by atoms with Crippen LogP contribution in [0.25, 0.3) is 0 Å². The summed E-state index contributed by atoms with van der Waals surface area (Å²) < 4.78 is 86.6. The third-order valence-corrected chi connectivity index (χ3v) is 22.9. The number of amides is 5. The number of aromatic nitrogens is 3. The lowest BCUT2D eigenvalue weighted by Crippen LogP contribution is -2.68. The molecule has 3 aromatic rings. The number of aliphatic hydroxyl groups is 20. The molecule has 24 rings (SSSR count). The van der Waals surface area contributed by atoms with E-state index in [1.165, 1.54) is 19.1 Å². The first-order valence-corrected chi connectivity index (χ1v) is 41.5. The van der Waals surface area contributed by atoms with Crippen molar-refractivity contribution in [3.05, 3.63) is 53.9 Å². The Morgan fingerprint density at radius 2 is 0.651 bits per heavy atom. The van der Waals surface area contributed by atoms with E-state index in [0.29, 0.717) is 74.6 Å². The van der Waals surface area contributed by atoms with Gasteiger partial charge < -0.3 is 224 Å². The minimum absolute atomic E-state index is 0.211. The zero-order valence-corrected chi connectivity index (χ0v) is 69.6. The van der Waals surface area contributed by atoms with Crippen molar-refractivity contribution in [2.24, 2.45) is 14.1 Å².